The molecule has 0 aliphatic heterocycles. The third kappa shape index (κ3) is 4.75. The first-order valence-electron chi connectivity index (χ1n) is 8.52. The van der Waals surface area contributed by atoms with Gasteiger partial charge in [0.1, 0.15) is 5.82 Å². The topological polar surface area (TPSA) is 81.3 Å². The molecule has 1 amide bonds. The van der Waals surface area contributed by atoms with Gasteiger partial charge in [-0.25, -0.2) is 9.07 Å². The van der Waals surface area contributed by atoms with Crippen molar-refractivity contribution in [2.75, 3.05) is 6.54 Å². The van der Waals surface area contributed by atoms with Crippen molar-refractivity contribution in [3.63, 3.8) is 0 Å². The van der Waals surface area contributed by atoms with Crippen LogP contribution < -0.4 is 0 Å². The summed E-state index contributed by atoms with van der Waals surface area (Å²) < 4.78 is 16.3. The number of nitrogens with zero attached hydrogens (tertiary/aromatic N) is 4. The smallest absolute Gasteiger partial charge is 0.269 e. The van der Waals surface area contributed by atoms with Crippen molar-refractivity contribution in [2.24, 2.45) is 0 Å². The molecule has 1 aromatic heterocycles. The Bertz CT molecular complexity index is 1070. The summed E-state index contributed by atoms with van der Waals surface area (Å²) in [5.41, 5.74) is 1.21. The van der Waals surface area contributed by atoms with Crippen LogP contribution in [0.15, 0.2) is 72.0 Å². The summed E-state index contributed by atoms with van der Waals surface area (Å²) in [7, 11) is 0. The third-order valence-electron chi connectivity index (χ3n) is 4.16. The van der Waals surface area contributed by atoms with Gasteiger partial charge in [0.2, 0.25) is 0 Å². The summed E-state index contributed by atoms with van der Waals surface area (Å²) in [5.74, 6) is -0.742. The highest BCUT2D eigenvalue weighted by Crippen LogP contribution is 2.19. The Hall–Kier alpha value is -3.33. The van der Waals surface area contributed by atoms with E-state index in [0.29, 0.717) is 21.3 Å². The highest BCUT2D eigenvalue weighted by Gasteiger charge is 2.19. The van der Waals surface area contributed by atoms with Gasteiger partial charge >= 0.3 is 0 Å². The fourth-order valence-corrected chi connectivity index (χ4v) is 3.14. The second-order valence-corrected chi connectivity index (χ2v) is 7.07. The number of non-ortho nitro benzene ring substituents is 1. The van der Waals surface area contributed by atoms with Crippen molar-refractivity contribution in [1.82, 2.24) is 14.7 Å². The molecule has 0 spiro atoms. The Morgan fingerprint density at radius 2 is 2.03 bits per heavy atom. The van der Waals surface area contributed by atoms with Gasteiger partial charge in [-0.3, -0.25) is 14.9 Å². The van der Waals surface area contributed by atoms with E-state index in [1.54, 1.807) is 18.2 Å². The van der Waals surface area contributed by atoms with E-state index in [0.717, 1.165) is 0 Å². The van der Waals surface area contributed by atoms with Crippen molar-refractivity contribution >= 4 is 27.5 Å². The highest BCUT2D eigenvalue weighted by molar-refractivity contribution is 9.10. The van der Waals surface area contributed by atoms with Gasteiger partial charge < -0.3 is 4.90 Å². The molecule has 0 radical (unpaired) electrons. The number of carbonyl (C=O) groups is 1. The van der Waals surface area contributed by atoms with Gasteiger partial charge in [0.15, 0.2) is 0 Å². The van der Waals surface area contributed by atoms with Crippen LogP contribution in [0.5, 0.6) is 0 Å². The molecule has 0 unspecified atom stereocenters. The predicted octanol–water partition coefficient (Wildman–Crippen LogP) is 4.51. The molecule has 148 valence electrons. The summed E-state index contributed by atoms with van der Waals surface area (Å²) in [5, 5.41) is 14.9. The largest absolute Gasteiger partial charge is 0.330 e. The molecule has 0 saturated heterocycles. The normalized spacial score (nSPS) is 10.6. The maximum Gasteiger partial charge on any atom is 0.269 e. The number of aromatic nitrogens is 2. The second-order valence-electron chi connectivity index (χ2n) is 6.16. The van der Waals surface area contributed by atoms with E-state index in [1.807, 2.05) is 0 Å². The number of benzene rings is 2. The molecule has 1 heterocycles. The molecule has 9 heteroatoms. The van der Waals surface area contributed by atoms with Crippen LogP contribution in [0.1, 0.15) is 15.9 Å². The van der Waals surface area contributed by atoms with E-state index in [4.69, 9.17) is 0 Å². The first-order chi connectivity index (χ1) is 13.9. The molecule has 0 atom stereocenters. The van der Waals surface area contributed by atoms with Crippen LogP contribution in [0.4, 0.5) is 10.1 Å². The van der Waals surface area contributed by atoms with Crippen molar-refractivity contribution in [1.29, 1.82) is 0 Å². The Morgan fingerprint density at radius 1 is 1.31 bits per heavy atom. The Morgan fingerprint density at radius 3 is 2.69 bits per heavy atom. The summed E-state index contributed by atoms with van der Waals surface area (Å²) >= 11 is 3.30. The lowest BCUT2D eigenvalue weighted by molar-refractivity contribution is -0.384. The minimum absolute atomic E-state index is 0.0367. The number of rotatable bonds is 7. The number of hydrogen-bond acceptors (Lipinski definition) is 4. The summed E-state index contributed by atoms with van der Waals surface area (Å²) in [6, 6.07) is 10.3. The monoisotopic (exact) mass is 458 g/mol. The van der Waals surface area contributed by atoms with Crippen LogP contribution in [0, 0.1) is 15.9 Å². The molecule has 2 aromatic carbocycles. The van der Waals surface area contributed by atoms with Gasteiger partial charge in [0, 0.05) is 41.5 Å². The zero-order valence-corrected chi connectivity index (χ0v) is 16.8. The Labute approximate surface area is 174 Å². The SMILES string of the molecule is C=CCN(Cc1cc(Br)ccc1F)C(=O)c1cnn(-c2ccc([N+](=O)[O-])cc2)c1. The van der Waals surface area contributed by atoms with Crippen molar-refractivity contribution in [3.8, 4) is 5.69 Å². The fraction of sp³-hybridized carbons (Fsp3) is 0.100. The minimum Gasteiger partial charge on any atom is -0.330 e. The molecule has 3 aromatic rings. The zero-order valence-electron chi connectivity index (χ0n) is 15.2. The molecular weight excluding hydrogens is 443 g/mol. The van der Waals surface area contributed by atoms with Crippen LogP contribution in [0.2, 0.25) is 0 Å². The number of halogens is 2. The van der Waals surface area contributed by atoms with E-state index in [1.165, 1.54) is 52.3 Å². The number of carbonyl (C=O) groups excluding carboxylic acids is 1. The maximum absolute atomic E-state index is 14.1. The van der Waals surface area contributed by atoms with Crippen LogP contribution in [0.3, 0.4) is 0 Å². The van der Waals surface area contributed by atoms with Crippen LogP contribution in [0.25, 0.3) is 5.69 Å². The van der Waals surface area contributed by atoms with E-state index in [-0.39, 0.29) is 24.7 Å². The number of hydrogen-bond donors (Lipinski definition) is 0. The standard InChI is InChI=1S/C20H16BrFN4O3/c1-2-9-24(12-14-10-16(21)3-8-19(14)22)20(27)15-11-23-25(13-15)17-4-6-18(7-5-17)26(28)29/h2-8,10-11,13H,1,9,12H2. The molecule has 7 nitrogen and oxygen atoms in total. The van der Waals surface area contributed by atoms with Crippen molar-refractivity contribution < 1.29 is 14.1 Å². The number of nitro groups is 1. The van der Waals surface area contributed by atoms with Gasteiger partial charge in [-0.05, 0) is 30.3 Å². The lowest BCUT2D eigenvalue weighted by Gasteiger charge is -2.21. The van der Waals surface area contributed by atoms with E-state index in [2.05, 4.69) is 27.6 Å². The maximum atomic E-state index is 14.1. The molecule has 0 saturated carbocycles. The van der Waals surface area contributed by atoms with Crippen LogP contribution in [-0.4, -0.2) is 32.1 Å². The van der Waals surface area contributed by atoms with Gasteiger partial charge in [-0.15, -0.1) is 6.58 Å². The predicted molar refractivity (Wildman–Crippen MR) is 109 cm³/mol. The van der Waals surface area contributed by atoms with Crippen LogP contribution in [-0.2, 0) is 6.54 Å². The van der Waals surface area contributed by atoms with Gasteiger partial charge in [0.25, 0.3) is 11.6 Å². The van der Waals surface area contributed by atoms with Gasteiger partial charge in [-0.1, -0.05) is 22.0 Å². The van der Waals surface area contributed by atoms with E-state index >= 15 is 0 Å². The minimum atomic E-state index is -0.490. The zero-order chi connectivity index (χ0) is 21.0. The second kappa shape index (κ2) is 8.78. The Balaban J connectivity index is 1.82. The number of nitro benzene ring substituents is 1. The molecule has 3 rings (SSSR count). The average Bonchev–Trinajstić information content (AvgIpc) is 3.20. The summed E-state index contributed by atoms with van der Waals surface area (Å²) in [4.78, 5) is 24.7. The third-order valence-corrected chi connectivity index (χ3v) is 4.65. The molecule has 29 heavy (non-hydrogen) atoms. The fourth-order valence-electron chi connectivity index (χ4n) is 2.73. The molecule has 0 N–H and O–H groups in total. The molecule has 0 fully saturated rings. The molecule has 0 aliphatic carbocycles. The van der Waals surface area contributed by atoms with E-state index < -0.39 is 10.7 Å². The number of amides is 1. The average molecular weight is 459 g/mol. The lowest BCUT2D eigenvalue weighted by Crippen LogP contribution is -2.30. The van der Waals surface area contributed by atoms with E-state index in [9.17, 15) is 19.3 Å². The molecular formula is C20H16BrFN4O3. The quantitative estimate of drug-likeness (QED) is 0.296. The molecule has 0 aliphatic rings. The van der Waals surface area contributed by atoms with Crippen LogP contribution >= 0.6 is 15.9 Å². The Kier molecular flexibility index (Phi) is 6.18. The van der Waals surface area contributed by atoms with Crippen molar-refractivity contribution in [3.05, 3.63) is 99.0 Å². The lowest BCUT2D eigenvalue weighted by atomic mass is 10.2. The highest BCUT2D eigenvalue weighted by atomic mass is 79.9. The molecule has 0 bridgehead atoms. The van der Waals surface area contributed by atoms with Gasteiger partial charge in [-0.2, -0.15) is 5.10 Å². The van der Waals surface area contributed by atoms with Gasteiger partial charge in [0.05, 0.1) is 22.4 Å². The summed E-state index contributed by atoms with van der Waals surface area (Å²) in [6.45, 7) is 3.96. The first-order valence-corrected chi connectivity index (χ1v) is 9.32. The summed E-state index contributed by atoms with van der Waals surface area (Å²) in [6.07, 6.45) is 4.49. The first kappa shape index (κ1) is 20.4. The van der Waals surface area contributed by atoms with Crippen molar-refractivity contribution in [2.45, 2.75) is 6.54 Å².